The maximum Gasteiger partial charge on any atom is 0.257 e. The lowest BCUT2D eigenvalue weighted by atomic mass is 9.98. The van der Waals surface area contributed by atoms with Crippen LogP contribution in [-0.4, -0.2) is 41.1 Å². The number of piperidine rings is 1. The van der Waals surface area contributed by atoms with Crippen LogP contribution in [0.15, 0.2) is 22.7 Å². The summed E-state index contributed by atoms with van der Waals surface area (Å²) in [5, 5.41) is 13.5. The number of carbonyl (C=O) groups is 1. The lowest BCUT2D eigenvalue weighted by Gasteiger charge is -2.35. The number of carbonyl (C=O) groups excluding carboxylic acids is 1. The minimum atomic E-state index is -0.0960. The van der Waals surface area contributed by atoms with Gasteiger partial charge in [-0.1, -0.05) is 15.9 Å². The molecular formula is C15H19BrN2O2. The number of amides is 1. The van der Waals surface area contributed by atoms with Crippen LogP contribution in [0.3, 0.4) is 0 Å². The molecule has 2 unspecified atom stereocenters. The highest BCUT2D eigenvalue weighted by molar-refractivity contribution is 9.10. The van der Waals surface area contributed by atoms with Crippen molar-refractivity contribution in [2.24, 2.45) is 0 Å². The summed E-state index contributed by atoms with van der Waals surface area (Å²) < 4.78 is 0.772. The second-order valence-electron chi connectivity index (χ2n) is 5.84. The molecule has 3 rings (SSSR count). The average molecular weight is 339 g/mol. The van der Waals surface area contributed by atoms with Crippen LogP contribution in [0.4, 0.5) is 0 Å². The SMILES string of the molecule is CN(C(=O)c1ccc(Br)cc1O)C1CC2CCC(C1)N2. The molecule has 2 aliphatic rings. The first kappa shape index (κ1) is 13.9. The molecule has 2 heterocycles. The molecule has 1 aromatic carbocycles. The number of rotatable bonds is 2. The molecule has 0 saturated carbocycles. The van der Waals surface area contributed by atoms with Gasteiger partial charge in [-0.25, -0.2) is 0 Å². The first-order valence-electron chi connectivity index (χ1n) is 7.06. The number of fused-ring (bicyclic) bond motifs is 2. The lowest BCUT2D eigenvalue weighted by Crippen LogP contribution is -2.48. The van der Waals surface area contributed by atoms with Gasteiger partial charge in [-0.15, -0.1) is 0 Å². The number of benzene rings is 1. The van der Waals surface area contributed by atoms with Gasteiger partial charge in [0.1, 0.15) is 5.75 Å². The lowest BCUT2D eigenvalue weighted by molar-refractivity contribution is 0.0678. The molecule has 0 aromatic heterocycles. The molecule has 20 heavy (non-hydrogen) atoms. The van der Waals surface area contributed by atoms with Crippen LogP contribution in [-0.2, 0) is 0 Å². The summed E-state index contributed by atoms with van der Waals surface area (Å²) >= 11 is 3.29. The number of hydrogen-bond acceptors (Lipinski definition) is 3. The van der Waals surface area contributed by atoms with E-state index in [1.54, 1.807) is 23.1 Å². The van der Waals surface area contributed by atoms with E-state index in [1.165, 1.54) is 12.8 Å². The van der Waals surface area contributed by atoms with Crippen molar-refractivity contribution in [2.75, 3.05) is 7.05 Å². The Hall–Kier alpha value is -1.07. The Morgan fingerprint density at radius 2 is 2.00 bits per heavy atom. The standard InChI is InChI=1S/C15H19BrN2O2/c1-18(12-7-10-3-4-11(8-12)17-10)15(20)13-5-2-9(16)6-14(13)19/h2,5-6,10-12,17,19H,3-4,7-8H2,1H3. The summed E-state index contributed by atoms with van der Waals surface area (Å²) in [6.45, 7) is 0. The van der Waals surface area contributed by atoms with E-state index >= 15 is 0 Å². The Kier molecular flexibility index (Phi) is 3.73. The second-order valence-corrected chi connectivity index (χ2v) is 6.76. The number of hydrogen-bond donors (Lipinski definition) is 2. The van der Waals surface area contributed by atoms with E-state index in [9.17, 15) is 9.90 Å². The molecular weight excluding hydrogens is 320 g/mol. The van der Waals surface area contributed by atoms with Crippen molar-refractivity contribution < 1.29 is 9.90 Å². The van der Waals surface area contributed by atoms with Crippen molar-refractivity contribution in [1.82, 2.24) is 10.2 Å². The molecule has 1 amide bonds. The Morgan fingerprint density at radius 1 is 1.35 bits per heavy atom. The summed E-state index contributed by atoms with van der Waals surface area (Å²) in [5.74, 6) is -0.0607. The second kappa shape index (κ2) is 5.37. The van der Waals surface area contributed by atoms with Gasteiger partial charge in [0, 0.05) is 29.6 Å². The van der Waals surface area contributed by atoms with Gasteiger partial charge in [0.05, 0.1) is 5.56 Å². The average Bonchev–Trinajstić information content (AvgIpc) is 2.76. The molecule has 5 heteroatoms. The molecule has 2 aliphatic heterocycles. The molecule has 2 N–H and O–H groups in total. The zero-order chi connectivity index (χ0) is 14.3. The third kappa shape index (κ3) is 2.56. The Balaban J connectivity index is 1.76. The van der Waals surface area contributed by atoms with Gasteiger partial charge in [-0.3, -0.25) is 4.79 Å². The van der Waals surface area contributed by atoms with Crippen molar-refractivity contribution in [2.45, 2.75) is 43.8 Å². The summed E-state index contributed by atoms with van der Waals surface area (Å²) in [6, 6.07) is 6.39. The van der Waals surface area contributed by atoms with Gasteiger partial charge in [-0.2, -0.15) is 0 Å². The van der Waals surface area contributed by atoms with Crippen LogP contribution >= 0.6 is 15.9 Å². The summed E-state index contributed by atoms with van der Waals surface area (Å²) in [5.41, 5.74) is 0.376. The number of halogens is 1. The van der Waals surface area contributed by atoms with Gasteiger partial charge in [-0.05, 0) is 43.9 Å². The van der Waals surface area contributed by atoms with Crippen LogP contribution in [0.5, 0.6) is 5.75 Å². The Morgan fingerprint density at radius 3 is 2.60 bits per heavy atom. The number of nitrogens with zero attached hydrogens (tertiary/aromatic N) is 1. The zero-order valence-corrected chi connectivity index (χ0v) is 13.1. The molecule has 108 valence electrons. The quantitative estimate of drug-likeness (QED) is 0.871. The fourth-order valence-electron chi connectivity index (χ4n) is 3.38. The molecule has 0 radical (unpaired) electrons. The molecule has 1 aromatic rings. The molecule has 0 aliphatic carbocycles. The molecule has 2 atom stereocenters. The van der Waals surface area contributed by atoms with E-state index in [0.29, 0.717) is 17.6 Å². The fourth-order valence-corrected chi connectivity index (χ4v) is 3.73. The van der Waals surface area contributed by atoms with Gasteiger partial charge in [0.25, 0.3) is 5.91 Å². The van der Waals surface area contributed by atoms with Crippen molar-refractivity contribution in [1.29, 1.82) is 0 Å². The minimum absolute atomic E-state index is 0.0353. The highest BCUT2D eigenvalue weighted by Gasteiger charge is 2.36. The highest BCUT2D eigenvalue weighted by Crippen LogP contribution is 2.31. The van der Waals surface area contributed by atoms with Crippen LogP contribution in [0.25, 0.3) is 0 Å². The van der Waals surface area contributed by atoms with Gasteiger partial charge in [0.2, 0.25) is 0 Å². The summed E-state index contributed by atoms with van der Waals surface area (Å²) in [4.78, 5) is 14.3. The number of phenolic OH excluding ortho intramolecular Hbond substituents is 1. The van der Waals surface area contributed by atoms with Gasteiger partial charge in [0.15, 0.2) is 0 Å². The van der Waals surface area contributed by atoms with Crippen molar-refractivity contribution >= 4 is 21.8 Å². The van der Waals surface area contributed by atoms with E-state index in [2.05, 4.69) is 21.2 Å². The van der Waals surface area contributed by atoms with E-state index in [1.807, 2.05) is 7.05 Å². The van der Waals surface area contributed by atoms with E-state index in [4.69, 9.17) is 0 Å². The van der Waals surface area contributed by atoms with Gasteiger partial charge < -0.3 is 15.3 Å². The monoisotopic (exact) mass is 338 g/mol. The minimum Gasteiger partial charge on any atom is -0.507 e. The molecule has 2 fully saturated rings. The van der Waals surface area contributed by atoms with E-state index < -0.39 is 0 Å². The summed E-state index contributed by atoms with van der Waals surface area (Å²) in [6.07, 6.45) is 4.45. The largest absolute Gasteiger partial charge is 0.507 e. The highest BCUT2D eigenvalue weighted by atomic mass is 79.9. The smallest absolute Gasteiger partial charge is 0.257 e. The van der Waals surface area contributed by atoms with E-state index in [0.717, 1.165) is 17.3 Å². The van der Waals surface area contributed by atoms with Crippen LogP contribution in [0.2, 0.25) is 0 Å². The van der Waals surface area contributed by atoms with Crippen molar-refractivity contribution in [3.05, 3.63) is 28.2 Å². The van der Waals surface area contributed by atoms with E-state index in [-0.39, 0.29) is 17.7 Å². The third-order valence-corrected chi connectivity index (χ3v) is 5.00. The first-order chi connectivity index (χ1) is 9.54. The number of aromatic hydroxyl groups is 1. The molecule has 4 nitrogen and oxygen atoms in total. The Labute approximate surface area is 127 Å². The van der Waals surface area contributed by atoms with Crippen molar-refractivity contribution in [3.8, 4) is 5.75 Å². The molecule has 2 bridgehead atoms. The number of nitrogens with one attached hydrogen (secondary N) is 1. The maximum atomic E-state index is 12.5. The predicted molar refractivity (Wildman–Crippen MR) is 80.9 cm³/mol. The zero-order valence-electron chi connectivity index (χ0n) is 11.5. The number of phenols is 1. The van der Waals surface area contributed by atoms with Crippen LogP contribution < -0.4 is 5.32 Å². The maximum absolute atomic E-state index is 12.5. The van der Waals surface area contributed by atoms with Gasteiger partial charge >= 0.3 is 0 Å². The first-order valence-corrected chi connectivity index (χ1v) is 7.85. The normalized spacial score (nSPS) is 28.4. The fraction of sp³-hybridized carbons (Fsp3) is 0.533. The summed E-state index contributed by atoms with van der Waals surface area (Å²) in [7, 11) is 1.85. The third-order valence-electron chi connectivity index (χ3n) is 4.51. The molecule has 0 spiro atoms. The van der Waals surface area contributed by atoms with Crippen molar-refractivity contribution in [3.63, 3.8) is 0 Å². The van der Waals surface area contributed by atoms with Crippen LogP contribution in [0, 0.1) is 0 Å². The topological polar surface area (TPSA) is 52.6 Å². The predicted octanol–water partition coefficient (Wildman–Crippen LogP) is 2.51. The molecule has 2 saturated heterocycles. The Bertz CT molecular complexity index is 523. The van der Waals surface area contributed by atoms with Crippen LogP contribution in [0.1, 0.15) is 36.0 Å².